The van der Waals surface area contributed by atoms with Gasteiger partial charge in [0.2, 0.25) is 0 Å². The van der Waals surface area contributed by atoms with Gasteiger partial charge < -0.3 is 18.8 Å². The Balaban J connectivity index is 1.58. The predicted octanol–water partition coefficient (Wildman–Crippen LogP) is 4.17. The number of benzene rings is 1. The Hall–Kier alpha value is -3.59. The highest BCUT2D eigenvalue weighted by molar-refractivity contribution is 7.07. The number of carbonyl (C=O) groups excluding carboxylic acids is 1. The second-order valence-electron chi connectivity index (χ2n) is 9.76. The normalized spacial score (nSPS) is 18.0. The maximum absolute atomic E-state index is 13.8. The van der Waals surface area contributed by atoms with Gasteiger partial charge in [-0.15, -0.1) is 0 Å². The molecule has 3 aromatic rings. The Labute approximate surface area is 225 Å². The Kier molecular flexibility index (Phi) is 7.56. The van der Waals surface area contributed by atoms with Gasteiger partial charge in [-0.2, -0.15) is 0 Å². The molecule has 4 heterocycles. The minimum atomic E-state index is -0.666. The lowest BCUT2D eigenvalue weighted by Crippen LogP contribution is -2.39. The first-order valence-electron chi connectivity index (χ1n) is 13.2. The van der Waals surface area contributed by atoms with Gasteiger partial charge in [0.15, 0.2) is 10.7 Å². The second kappa shape index (κ2) is 11.0. The average Bonchev–Trinajstić information content (AvgIpc) is 3.48. The van der Waals surface area contributed by atoms with E-state index in [2.05, 4.69) is 9.89 Å². The van der Waals surface area contributed by atoms with Crippen LogP contribution in [0, 0.1) is 0 Å². The van der Waals surface area contributed by atoms with E-state index in [1.807, 2.05) is 50.2 Å². The number of carbonyl (C=O) groups is 1. The van der Waals surface area contributed by atoms with Crippen molar-refractivity contribution in [1.82, 2.24) is 4.57 Å². The summed E-state index contributed by atoms with van der Waals surface area (Å²) in [5.41, 5.74) is 1.44. The fraction of sp³-hybridized carbons (Fsp3) is 0.414. The highest BCUT2D eigenvalue weighted by Crippen LogP contribution is 2.32. The summed E-state index contributed by atoms with van der Waals surface area (Å²) >= 11 is 1.29. The fourth-order valence-corrected chi connectivity index (χ4v) is 5.97. The lowest BCUT2D eigenvalue weighted by molar-refractivity contribution is -0.139. The van der Waals surface area contributed by atoms with Crippen LogP contribution in [-0.4, -0.2) is 36.3 Å². The van der Waals surface area contributed by atoms with Crippen molar-refractivity contribution in [3.05, 3.63) is 78.7 Å². The molecule has 2 aliphatic rings. The highest BCUT2D eigenvalue weighted by Gasteiger charge is 2.33. The minimum Gasteiger partial charge on any atom is -0.491 e. The van der Waals surface area contributed by atoms with Gasteiger partial charge in [-0.25, -0.2) is 9.79 Å². The van der Waals surface area contributed by atoms with Crippen LogP contribution in [0.5, 0.6) is 5.75 Å². The zero-order valence-electron chi connectivity index (χ0n) is 22.2. The van der Waals surface area contributed by atoms with Crippen LogP contribution in [0.4, 0.5) is 5.88 Å². The highest BCUT2D eigenvalue weighted by atomic mass is 32.1. The lowest BCUT2D eigenvalue weighted by atomic mass is 9.96. The van der Waals surface area contributed by atoms with Crippen molar-refractivity contribution in [2.75, 3.05) is 24.6 Å². The van der Waals surface area contributed by atoms with Crippen LogP contribution in [0.3, 0.4) is 0 Å². The standard InChI is InChI=1S/C29H33N3O5S/c1-5-35-28(34)25-19(4)30-29-32(26(25)20-9-11-21(12-10-20)36-18(2)3)27(33)23(38-29)17-22-13-14-24(37-22)31-15-7-6-8-16-31/h9-14,17-18,26H,5-8,15-16H2,1-4H3/b23-17-/t26-/m0/s1. The molecule has 0 radical (unpaired) electrons. The molecule has 38 heavy (non-hydrogen) atoms. The quantitative estimate of drug-likeness (QED) is 0.422. The number of allylic oxidation sites excluding steroid dienone is 1. The van der Waals surface area contributed by atoms with Crippen molar-refractivity contribution in [3.63, 3.8) is 0 Å². The van der Waals surface area contributed by atoms with Gasteiger partial charge in [-0.1, -0.05) is 23.5 Å². The van der Waals surface area contributed by atoms with Crippen molar-refractivity contribution in [2.45, 2.75) is 59.1 Å². The molecule has 0 N–H and O–H groups in total. The fourth-order valence-electron chi connectivity index (χ4n) is 4.94. The topological polar surface area (TPSA) is 86.3 Å². The molecule has 1 saturated heterocycles. The van der Waals surface area contributed by atoms with Crippen molar-refractivity contribution in [1.29, 1.82) is 0 Å². The number of piperidine rings is 1. The van der Waals surface area contributed by atoms with Gasteiger partial charge in [0.25, 0.3) is 5.56 Å². The van der Waals surface area contributed by atoms with Gasteiger partial charge in [0, 0.05) is 25.2 Å². The van der Waals surface area contributed by atoms with Crippen LogP contribution >= 0.6 is 11.3 Å². The number of ether oxygens (including phenoxy) is 2. The number of hydrogen-bond donors (Lipinski definition) is 0. The van der Waals surface area contributed by atoms with Crippen LogP contribution in [0.25, 0.3) is 6.08 Å². The molecule has 5 rings (SSSR count). The molecule has 2 aromatic heterocycles. The average molecular weight is 536 g/mol. The number of rotatable bonds is 7. The Morgan fingerprint density at radius 3 is 2.58 bits per heavy atom. The number of aromatic nitrogens is 1. The molecule has 0 bridgehead atoms. The third-order valence-electron chi connectivity index (χ3n) is 6.64. The molecule has 0 amide bonds. The summed E-state index contributed by atoms with van der Waals surface area (Å²) in [4.78, 5) is 34.3. The molecule has 8 nitrogen and oxygen atoms in total. The van der Waals surface area contributed by atoms with E-state index in [1.165, 1.54) is 17.8 Å². The van der Waals surface area contributed by atoms with E-state index >= 15 is 0 Å². The minimum absolute atomic E-state index is 0.0350. The summed E-state index contributed by atoms with van der Waals surface area (Å²) in [5.74, 6) is 1.68. The molecule has 2 aliphatic heterocycles. The van der Waals surface area contributed by atoms with E-state index in [1.54, 1.807) is 24.5 Å². The van der Waals surface area contributed by atoms with Crippen LogP contribution < -0.4 is 24.5 Å². The van der Waals surface area contributed by atoms with Crippen molar-refractivity contribution >= 4 is 29.3 Å². The zero-order chi connectivity index (χ0) is 26.8. The number of fused-ring (bicyclic) bond motifs is 1. The van der Waals surface area contributed by atoms with E-state index in [9.17, 15) is 9.59 Å². The third-order valence-corrected chi connectivity index (χ3v) is 7.62. The van der Waals surface area contributed by atoms with Gasteiger partial charge in [-0.3, -0.25) is 9.36 Å². The second-order valence-corrected chi connectivity index (χ2v) is 10.8. The van der Waals surface area contributed by atoms with E-state index in [-0.39, 0.29) is 18.3 Å². The predicted molar refractivity (Wildman–Crippen MR) is 147 cm³/mol. The monoisotopic (exact) mass is 535 g/mol. The first-order valence-corrected chi connectivity index (χ1v) is 14.0. The Morgan fingerprint density at radius 2 is 1.89 bits per heavy atom. The summed E-state index contributed by atoms with van der Waals surface area (Å²) in [6.07, 6.45) is 5.35. The van der Waals surface area contributed by atoms with Crippen LogP contribution in [-0.2, 0) is 9.53 Å². The van der Waals surface area contributed by atoms with Crippen molar-refractivity contribution in [2.24, 2.45) is 4.99 Å². The summed E-state index contributed by atoms with van der Waals surface area (Å²) in [6.45, 7) is 9.65. The number of anilines is 1. The molecular formula is C29H33N3O5S. The summed E-state index contributed by atoms with van der Waals surface area (Å²) in [7, 11) is 0. The number of nitrogens with zero attached hydrogens (tertiary/aromatic N) is 3. The van der Waals surface area contributed by atoms with E-state index < -0.39 is 12.0 Å². The molecule has 0 aliphatic carbocycles. The van der Waals surface area contributed by atoms with Gasteiger partial charge in [0.05, 0.1) is 34.6 Å². The largest absolute Gasteiger partial charge is 0.491 e. The smallest absolute Gasteiger partial charge is 0.338 e. The zero-order valence-corrected chi connectivity index (χ0v) is 23.0. The number of furan rings is 1. The molecule has 0 saturated carbocycles. The van der Waals surface area contributed by atoms with Gasteiger partial charge in [0.1, 0.15) is 11.5 Å². The lowest BCUT2D eigenvalue weighted by Gasteiger charge is -2.25. The van der Waals surface area contributed by atoms with Gasteiger partial charge >= 0.3 is 5.97 Å². The van der Waals surface area contributed by atoms with E-state index in [0.29, 0.717) is 26.4 Å². The van der Waals surface area contributed by atoms with Crippen LogP contribution in [0.1, 0.15) is 64.3 Å². The maximum Gasteiger partial charge on any atom is 0.338 e. The molecule has 9 heteroatoms. The molecule has 1 fully saturated rings. The molecule has 1 atom stereocenters. The first-order chi connectivity index (χ1) is 18.4. The Bertz CT molecular complexity index is 1520. The summed E-state index contributed by atoms with van der Waals surface area (Å²) < 4.78 is 19.3. The molecular weight excluding hydrogens is 502 g/mol. The van der Waals surface area contributed by atoms with Crippen molar-refractivity contribution in [3.8, 4) is 5.75 Å². The number of esters is 1. The molecule has 1 aromatic carbocycles. The maximum atomic E-state index is 13.8. The van der Waals surface area contributed by atoms with Gasteiger partial charge in [-0.05, 0) is 70.7 Å². The van der Waals surface area contributed by atoms with E-state index in [0.717, 1.165) is 43.1 Å². The Morgan fingerprint density at radius 1 is 1.16 bits per heavy atom. The summed E-state index contributed by atoms with van der Waals surface area (Å²) in [6, 6.07) is 10.7. The van der Waals surface area contributed by atoms with Crippen LogP contribution in [0.15, 0.2) is 61.9 Å². The third kappa shape index (κ3) is 5.20. The molecule has 0 unspecified atom stereocenters. The van der Waals surface area contributed by atoms with E-state index in [4.69, 9.17) is 13.9 Å². The first kappa shape index (κ1) is 26.0. The molecule has 200 valence electrons. The summed E-state index contributed by atoms with van der Waals surface area (Å²) in [5, 5.41) is 0. The SMILES string of the molecule is CCOC(=O)C1=C(C)N=c2s/c(=C\c3ccc(N4CCCCC4)o3)c(=O)n2[C@H]1c1ccc(OC(C)C)cc1. The number of hydrogen-bond acceptors (Lipinski definition) is 8. The number of thiazole rings is 1. The molecule has 0 spiro atoms. The van der Waals surface area contributed by atoms with Crippen molar-refractivity contribution < 1.29 is 18.7 Å². The van der Waals surface area contributed by atoms with Crippen LogP contribution in [0.2, 0.25) is 0 Å².